The Hall–Kier alpha value is -1.23. The van der Waals surface area contributed by atoms with Crippen molar-refractivity contribution in [3.05, 3.63) is 22.7 Å². The van der Waals surface area contributed by atoms with Gasteiger partial charge >= 0.3 is 0 Å². The molecule has 1 amide bonds. The molecule has 1 aliphatic rings. The highest BCUT2D eigenvalue weighted by Gasteiger charge is 2.41. The number of halogens is 1. The summed E-state index contributed by atoms with van der Waals surface area (Å²) >= 11 is 3.52. The molecule has 0 radical (unpaired) electrons. The van der Waals surface area contributed by atoms with Crippen molar-refractivity contribution in [1.29, 1.82) is 0 Å². The van der Waals surface area contributed by atoms with E-state index in [0.717, 1.165) is 23.2 Å². The highest BCUT2D eigenvalue weighted by molar-refractivity contribution is 9.10. The molecule has 1 saturated heterocycles. The minimum atomic E-state index is -0.536. The van der Waals surface area contributed by atoms with Crippen LogP contribution in [0.1, 0.15) is 13.8 Å². The van der Waals surface area contributed by atoms with Crippen LogP contribution in [-0.2, 0) is 4.79 Å². The Kier molecular flexibility index (Phi) is 3.27. The van der Waals surface area contributed by atoms with Crippen molar-refractivity contribution in [2.24, 2.45) is 0 Å². The van der Waals surface area contributed by atoms with Crippen LogP contribution in [-0.4, -0.2) is 36.5 Å². The van der Waals surface area contributed by atoms with Crippen LogP contribution in [0.5, 0.6) is 0 Å². The Morgan fingerprint density at radius 3 is 2.61 bits per heavy atom. The maximum Gasteiger partial charge on any atom is 0.247 e. The zero-order chi connectivity index (χ0) is 13.5. The molecule has 98 valence electrons. The van der Waals surface area contributed by atoms with Crippen LogP contribution < -0.4 is 10.6 Å². The Morgan fingerprint density at radius 2 is 2.00 bits per heavy atom. The van der Waals surface area contributed by atoms with Gasteiger partial charge in [-0.25, -0.2) is 0 Å². The van der Waals surface area contributed by atoms with Gasteiger partial charge in [-0.1, -0.05) is 0 Å². The van der Waals surface area contributed by atoms with E-state index in [1.165, 1.54) is 0 Å². The summed E-state index contributed by atoms with van der Waals surface area (Å²) in [5.74, 6) is 0.137. The molecule has 2 N–H and O–H groups in total. The predicted octanol–water partition coefficient (Wildman–Crippen LogP) is 2.09. The van der Waals surface area contributed by atoms with Crippen molar-refractivity contribution in [1.82, 2.24) is 4.90 Å². The molecule has 0 aliphatic carbocycles. The Bertz CT molecular complexity index is 487. The average molecular weight is 312 g/mol. The van der Waals surface area contributed by atoms with Crippen molar-refractivity contribution in [3.8, 4) is 0 Å². The van der Waals surface area contributed by atoms with Crippen LogP contribution in [0.4, 0.5) is 11.4 Å². The molecule has 0 unspecified atom stereocenters. The van der Waals surface area contributed by atoms with Crippen LogP contribution in [0, 0.1) is 0 Å². The number of carbonyl (C=O) groups excluding carboxylic acids is 1. The van der Waals surface area contributed by atoms with Gasteiger partial charge < -0.3 is 15.5 Å². The lowest BCUT2D eigenvalue weighted by molar-refractivity contribution is -0.136. The lowest BCUT2D eigenvalue weighted by Crippen LogP contribution is -2.62. The smallest absolute Gasteiger partial charge is 0.247 e. The van der Waals surface area contributed by atoms with Gasteiger partial charge in [0.05, 0.1) is 5.69 Å². The number of nitrogens with zero attached hydrogens (tertiary/aromatic N) is 2. The first-order valence-electron chi connectivity index (χ1n) is 5.92. The molecule has 0 atom stereocenters. The minimum Gasteiger partial charge on any atom is -0.399 e. The van der Waals surface area contributed by atoms with Gasteiger partial charge in [-0.05, 0) is 48.0 Å². The van der Waals surface area contributed by atoms with Gasteiger partial charge in [-0.3, -0.25) is 4.79 Å². The molecule has 1 aromatic carbocycles. The number of nitrogen functional groups attached to an aromatic ring is 1. The van der Waals surface area contributed by atoms with Gasteiger partial charge in [0.25, 0.3) is 0 Å². The Balaban J connectivity index is 2.41. The molecular weight excluding hydrogens is 294 g/mol. The standard InChI is InChI=1S/C13H18BrN3O/c1-13(2)12(18)16(3)6-7-17(13)11-5-4-9(15)8-10(11)14/h4-5,8H,6-7,15H2,1-3H3. The number of anilines is 2. The zero-order valence-corrected chi connectivity index (χ0v) is 12.5. The molecule has 1 heterocycles. The van der Waals surface area contributed by atoms with Crippen LogP contribution in [0.3, 0.4) is 0 Å². The summed E-state index contributed by atoms with van der Waals surface area (Å²) in [7, 11) is 1.85. The summed E-state index contributed by atoms with van der Waals surface area (Å²) < 4.78 is 0.924. The number of carbonyl (C=O) groups is 1. The van der Waals surface area contributed by atoms with Crippen LogP contribution in [0.2, 0.25) is 0 Å². The maximum atomic E-state index is 12.3. The molecule has 0 saturated carbocycles. The summed E-state index contributed by atoms with van der Waals surface area (Å²) in [6, 6.07) is 5.69. The van der Waals surface area contributed by atoms with E-state index in [1.807, 2.05) is 39.1 Å². The molecule has 18 heavy (non-hydrogen) atoms. The molecule has 1 aliphatic heterocycles. The van der Waals surface area contributed by atoms with Crippen molar-refractivity contribution in [3.63, 3.8) is 0 Å². The monoisotopic (exact) mass is 311 g/mol. The molecule has 2 rings (SSSR count). The number of benzene rings is 1. The van der Waals surface area contributed by atoms with E-state index in [-0.39, 0.29) is 5.91 Å². The third-order valence-electron chi connectivity index (χ3n) is 3.47. The summed E-state index contributed by atoms with van der Waals surface area (Å²) in [5.41, 5.74) is 6.94. The first-order chi connectivity index (χ1) is 8.34. The number of hydrogen-bond donors (Lipinski definition) is 1. The maximum absolute atomic E-state index is 12.3. The lowest BCUT2D eigenvalue weighted by Gasteiger charge is -2.46. The number of nitrogens with two attached hydrogens (primary N) is 1. The second-order valence-electron chi connectivity index (χ2n) is 5.15. The van der Waals surface area contributed by atoms with E-state index in [0.29, 0.717) is 5.69 Å². The molecule has 4 nitrogen and oxygen atoms in total. The van der Waals surface area contributed by atoms with E-state index in [1.54, 1.807) is 4.90 Å². The molecule has 1 fully saturated rings. The number of rotatable bonds is 1. The first kappa shape index (κ1) is 13.2. The van der Waals surface area contributed by atoms with E-state index in [2.05, 4.69) is 20.8 Å². The summed E-state index contributed by atoms with van der Waals surface area (Å²) in [4.78, 5) is 16.2. The van der Waals surface area contributed by atoms with Gasteiger partial charge in [0.15, 0.2) is 0 Å². The fourth-order valence-electron chi connectivity index (χ4n) is 2.38. The average Bonchev–Trinajstić information content (AvgIpc) is 2.28. The van der Waals surface area contributed by atoms with E-state index in [4.69, 9.17) is 5.73 Å². The number of piperazine rings is 1. The minimum absolute atomic E-state index is 0.137. The van der Waals surface area contributed by atoms with E-state index in [9.17, 15) is 4.79 Å². The van der Waals surface area contributed by atoms with Gasteiger partial charge in [-0.15, -0.1) is 0 Å². The fourth-order valence-corrected chi connectivity index (χ4v) is 2.99. The van der Waals surface area contributed by atoms with E-state index < -0.39 is 5.54 Å². The van der Waals surface area contributed by atoms with Gasteiger partial charge in [0, 0.05) is 30.3 Å². The van der Waals surface area contributed by atoms with Crippen LogP contribution in [0.15, 0.2) is 22.7 Å². The van der Waals surface area contributed by atoms with Crippen molar-refractivity contribution in [2.75, 3.05) is 30.8 Å². The topological polar surface area (TPSA) is 49.6 Å². The Labute approximate surface area is 116 Å². The van der Waals surface area contributed by atoms with Crippen LogP contribution >= 0.6 is 15.9 Å². The second kappa shape index (κ2) is 4.46. The third kappa shape index (κ3) is 2.07. The van der Waals surface area contributed by atoms with Crippen molar-refractivity contribution in [2.45, 2.75) is 19.4 Å². The van der Waals surface area contributed by atoms with Gasteiger partial charge in [0.2, 0.25) is 5.91 Å². The normalized spacial score (nSPS) is 19.2. The highest BCUT2D eigenvalue weighted by Crippen LogP contribution is 2.34. The Morgan fingerprint density at radius 1 is 1.33 bits per heavy atom. The quantitative estimate of drug-likeness (QED) is 0.808. The third-order valence-corrected chi connectivity index (χ3v) is 4.10. The first-order valence-corrected chi connectivity index (χ1v) is 6.71. The predicted molar refractivity (Wildman–Crippen MR) is 77.6 cm³/mol. The van der Waals surface area contributed by atoms with Gasteiger partial charge in [-0.2, -0.15) is 0 Å². The number of amides is 1. The summed E-state index contributed by atoms with van der Waals surface area (Å²) in [6.07, 6.45) is 0. The second-order valence-corrected chi connectivity index (χ2v) is 6.00. The van der Waals surface area contributed by atoms with Crippen molar-refractivity contribution < 1.29 is 4.79 Å². The highest BCUT2D eigenvalue weighted by atomic mass is 79.9. The van der Waals surface area contributed by atoms with Crippen LogP contribution in [0.25, 0.3) is 0 Å². The molecular formula is C13H18BrN3O. The molecule has 1 aromatic rings. The summed E-state index contributed by atoms with van der Waals surface area (Å²) in [6.45, 7) is 5.46. The van der Waals surface area contributed by atoms with Gasteiger partial charge in [0.1, 0.15) is 5.54 Å². The summed E-state index contributed by atoms with van der Waals surface area (Å²) in [5, 5.41) is 0. The zero-order valence-electron chi connectivity index (χ0n) is 10.9. The molecule has 0 spiro atoms. The SMILES string of the molecule is CN1CCN(c2ccc(N)cc2Br)C(C)(C)C1=O. The van der Waals surface area contributed by atoms with Crippen molar-refractivity contribution >= 4 is 33.2 Å². The number of likely N-dealkylation sites (N-methyl/N-ethyl adjacent to an activating group) is 1. The molecule has 0 bridgehead atoms. The lowest BCUT2D eigenvalue weighted by atomic mass is 9.97. The van der Waals surface area contributed by atoms with E-state index >= 15 is 0 Å². The molecule has 0 aromatic heterocycles. The fraction of sp³-hybridized carbons (Fsp3) is 0.462. The number of hydrogen-bond acceptors (Lipinski definition) is 3. The molecule has 5 heteroatoms. The largest absolute Gasteiger partial charge is 0.399 e.